The summed E-state index contributed by atoms with van der Waals surface area (Å²) in [6.45, 7) is 0.515. The van der Waals surface area contributed by atoms with E-state index in [1.165, 1.54) is 24.2 Å². The first kappa shape index (κ1) is 12.4. The van der Waals surface area contributed by atoms with Gasteiger partial charge in [0.15, 0.2) is 0 Å². The van der Waals surface area contributed by atoms with Crippen LogP contribution in [0.25, 0.3) is 0 Å². The van der Waals surface area contributed by atoms with Crippen LogP contribution in [0.3, 0.4) is 0 Å². The van der Waals surface area contributed by atoms with Gasteiger partial charge in [-0.05, 0) is 49.9 Å². The normalized spacial score (nSPS) is 38.3. The molecule has 0 aromatic rings. The van der Waals surface area contributed by atoms with Crippen molar-refractivity contribution < 1.29 is 14.4 Å². The molecule has 0 aromatic carbocycles. The minimum Gasteiger partial charge on any atom is -0.277 e. The van der Waals surface area contributed by atoms with Crippen molar-refractivity contribution in [2.24, 2.45) is 23.2 Å². The lowest BCUT2D eigenvalue weighted by molar-refractivity contribution is -0.158. The lowest BCUT2D eigenvalue weighted by atomic mass is 9.66. The monoisotopic (exact) mass is 276 g/mol. The van der Waals surface area contributed by atoms with Crippen molar-refractivity contribution in [3.05, 3.63) is 0 Å². The molecule has 20 heavy (non-hydrogen) atoms. The van der Waals surface area contributed by atoms with Gasteiger partial charge in [-0.3, -0.25) is 19.8 Å². The summed E-state index contributed by atoms with van der Waals surface area (Å²) in [5, 5.41) is 2.40. The van der Waals surface area contributed by atoms with Gasteiger partial charge in [0.1, 0.15) is 5.41 Å². The molecule has 1 heterocycles. The number of hydrogen-bond acceptors (Lipinski definition) is 3. The third-order valence-corrected chi connectivity index (χ3v) is 6.06. The summed E-state index contributed by atoms with van der Waals surface area (Å²) in [5.74, 6) is 1.32. The topological polar surface area (TPSA) is 66.5 Å². The van der Waals surface area contributed by atoms with Crippen molar-refractivity contribution in [3.63, 3.8) is 0 Å². The summed E-state index contributed by atoms with van der Waals surface area (Å²) in [6.07, 6.45) is 7.04. The molecule has 5 heteroatoms. The molecule has 4 amide bonds. The number of amides is 4. The summed E-state index contributed by atoms with van der Waals surface area (Å²) >= 11 is 0. The van der Waals surface area contributed by atoms with E-state index in [0.717, 1.165) is 18.8 Å². The largest absolute Gasteiger partial charge is 0.330 e. The second kappa shape index (κ2) is 4.06. The highest BCUT2D eigenvalue weighted by molar-refractivity contribution is 6.19. The van der Waals surface area contributed by atoms with Gasteiger partial charge in [-0.1, -0.05) is 12.8 Å². The molecule has 1 N–H and O–H groups in total. The van der Waals surface area contributed by atoms with Crippen molar-refractivity contribution in [3.8, 4) is 0 Å². The number of hydrogen-bond donors (Lipinski definition) is 1. The molecule has 3 aliphatic carbocycles. The van der Waals surface area contributed by atoms with E-state index in [2.05, 4.69) is 5.32 Å². The maximum atomic E-state index is 12.6. The quantitative estimate of drug-likeness (QED) is 0.780. The van der Waals surface area contributed by atoms with Crippen molar-refractivity contribution >= 4 is 17.8 Å². The highest BCUT2D eigenvalue weighted by Gasteiger charge is 2.57. The van der Waals surface area contributed by atoms with E-state index in [0.29, 0.717) is 31.2 Å². The van der Waals surface area contributed by atoms with Crippen LogP contribution in [0.1, 0.15) is 44.9 Å². The van der Waals surface area contributed by atoms with Crippen LogP contribution < -0.4 is 5.32 Å². The van der Waals surface area contributed by atoms with Crippen molar-refractivity contribution in [1.82, 2.24) is 10.2 Å². The first-order chi connectivity index (χ1) is 9.60. The second-order valence-electron chi connectivity index (χ2n) is 7.05. The van der Waals surface area contributed by atoms with Gasteiger partial charge in [0.05, 0.1) is 0 Å². The lowest BCUT2D eigenvalue weighted by Gasteiger charge is -2.45. The molecular formula is C15H20N2O3. The van der Waals surface area contributed by atoms with Gasteiger partial charge < -0.3 is 0 Å². The van der Waals surface area contributed by atoms with Gasteiger partial charge in [0.25, 0.3) is 0 Å². The standard InChI is InChI=1S/C15H20N2O3/c18-12-15(4-1-5-15)13(19)17(14(20)16-12)8-11-7-9-2-3-10(11)6-9/h9-11H,1-8H2,(H,16,18,20). The number of nitrogens with one attached hydrogen (secondary N) is 1. The van der Waals surface area contributed by atoms with Crippen molar-refractivity contribution in [1.29, 1.82) is 0 Å². The number of barbiturate groups is 1. The molecule has 3 atom stereocenters. The molecule has 0 aromatic heterocycles. The SMILES string of the molecule is O=C1NC(=O)C2(CCC2)C(=O)N1CC1CC2CCC1C2. The zero-order chi connectivity index (χ0) is 13.9. The molecule has 108 valence electrons. The van der Waals surface area contributed by atoms with Crippen LogP contribution in [-0.4, -0.2) is 29.3 Å². The van der Waals surface area contributed by atoms with Crippen LogP contribution in [0.5, 0.6) is 0 Å². The number of urea groups is 1. The molecule has 1 aliphatic heterocycles. The smallest absolute Gasteiger partial charge is 0.277 e. The molecule has 2 bridgehead atoms. The maximum Gasteiger partial charge on any atom is 0.330 e. The molecule has 4 fully saturated rings. The van der Waals surface area contributed by atoms with Gasteiger partial charge >= 0.3 is 6.03 Å². The zero-order valence-electron chi connectivity index (χ0n) is 11.6. The molecule has 5 nitrogen and oxygen atoms in total. The number of carbonyl (C=O) groups excluding carboxylic acids is 3. The van der Waals surface area contributed by atoms with E-state index < -0.39 is 11.4 Å². The van der Waals surface area contributed by atoms with Crippen molar-refractivity contribution in [2.45, 2.75) is 44.9 Å². The first-order valence-corrected chi connectivity index (χ1v) is 7.77. The van der Waals surface area contributed by atoms with E-state index in [1.54, 1.807) is 0 Å². The first-order valence-electron chi connectivity index (χ1n) is 7.77. The Labute approximate surface area is 118 Å². The van der Waals surface area contributed by atoms with E-state index in [-0.39, 0.29) is 11.8 Å². The highest BCUT2D eigenvalue weighted by atomic mass is 16.2. The van der Waals surface area contributed by atoms with Gasteiger partial charge in [-0.15, -0.1) is 0 Å². The fourth-order valence-corrected chi connectivity index (χ4v) is 4.70. The number of carbonyl (C=O) groups is 3. The van der Waals surface area contributed by atoms with E-state index in [1.807, 2.05) is 0 Å². The van der Waals surface area contributed by atoms with Gasteiger partial charge in [0, 0.05) is 6.54 Å². The molecule has 3 unspecified atom stereocenters. The molecule has 1 saturated heterocycles. The van der Waals surface area contributed by atoms with Crippen LogP contribution >= 0.6 is 0 Å². The van der Waals surface area contributed by atoms with E-state index in [9.17, 15) is 14.4 Å². The average Bonchev–Trinajstić information content (AvgIpc) is 2.94. The minimum absolute atomic E-state index is 0.236. The lowest BCUT2D eigenvalue weighted by Crippen LogP contribution is -2.66. The third kappa shape index (κ3) is 1.52. The molecule has 1 spiro atoms. The van der Waals surface area contributed by atoms with Crippen LogP contribution in [-0.2, 0) is 9.59 Å². The number of nitrogens with zero attached hydrogens (tertiary/aromatic N) is 1. The summed E-state index contributed by atoms with van der Waals surface area (Å²) in [4.78, 5) is 37.9. The Morgan fingerprint density at radius 1 is 1.15 bits per heavy atom. The fraction of sp³-hybridized carbons (Fsp3) is 0.800. The van der Waals surface area contributed by atoms with Gasteiger partial charge in [-0.2, -0.15) is 0 Å². The molecule has 4 aliphatic rings. The Hall–Kier alpha value is -1.39. The summed E-state index contributed by atoms with van der Waals surface area (Å²) in [5.41, 5.74) is -0.911. The van der Waals surface area contributed by atoms with Crippen LogP contribution in [0, 0.1) is 23.2 Å². The van der Waals surface area contributed by atoms with Crippen LogP contribution in [0.2, 0.25) is 0 Å². The second-order valence-corrected chi connectivity index (χ2v) is 7.05. The summed E-state index contributed by atoms with van der Waals surface area (Å²) in [7, 11) is 0. The Morgan fingerprint density at radius 3 is 2.50 bits per heavy atom. The zero-order valence-corrected chi connectivity index (χ0v) is 11.6. The van der Waals surface area contributed by atoms with E-state index in [4.69, 9.17) is 0 Å². The average molecular weight is 276 g/mol. The minimum atomic E-state index is -0.911. The number of rotatable bonds is 2. The Kier molecular flexibility index (Phi) is 2.51. The molecule has 3 saturated carbocycles. The predicted molar refractivity (Wildman–Crippen MR) is 70.5 cm³/mol. The van der Waals surface area contributed by atoms with Crippen molar-refractivity contribution in [2.75, 3.05) is 6.54 Å². The Bertz CT molecular complexity index is 497. The summed E-state index contributed by atoms with van der Waals surface area (Å²) in [6, 6.07) is -0.500. The highest BCUT2D eigenvalue weighted by Crippen LogP contribution is 2.50. The molecular weight excluding hydrogens is 256 g/mol. The Balaban J connectivity index is 1.53. The van der Waals surface area contributed by atoms with Crippen LogP contribution in [0.15, 0.2) is 0 Å². The Morgan fingerprint density at radius 2 is 1.95 bits per heavy atom. The summed E-state index contributed by atoms with van der Waals surface area (Å²) < 4.78 is 0. The van der Waals surface area contributed by atoms with Crippen LogP contribution in [0.4, 0.5) is 4.79 Å². The van der Waals surface area contributed by atoms with E-state index >= 15 is 0 Å². The number of fused-ring (bicyclic) bond motifs is 2. The maximum absolute atomic E-state index is 12.6. The molecule has 0 radical (unpaired) electrons. The fourth-order valence-electron chi connectivity index (χ4n) is 4.70. The predicted octanol–water partition coefficient (Wildman–Crippen LogP) is 1.67. The van der Waals surface area contributed by atoms with Gasteiger partial charge in [0.2, 0.25) is 11.8 Å². The van der Waals surface area contributed by atoms with Gasteiger partial charge in [-0.25, -0.2) is 4.79 Å². The number of imide groups is 2. The molecule has 4 rings (SSSR count). The third-order valence-electron chi connectivity index (χ3n) is 6.06.